The molecule has 4 heteroatoms. The number of hydrogen-bond acceptors (Lipinski definition) is 3. The van der Waals surface area contributed by atoms with E-state index in [4.69, 9.17) is 0 Å². The highest BCUT2D eigenvalue weighted by Crippen LogP contribution is 2.47. The Kier molecular flexibility index (Phi) is 5.65. The van der Waals surface area contributed by atoms with E-state index in [9.17, 15) is 0 Å². The van der Waals surface area contributed by atoms with Crippen LogP contribution in [0.2, 0.25) is 0 Å². The third-order valence-corrected chi connectivity index (χ3v) is 11.5. The predicted molar refractivity (Wildman–Crippen MR) is 201 cm³/mol. The molecule has 0 aliphatic carbocycles. The van der Waals surface area contributed by atoms with Crippen molar-refractivity contribution in [3.05, 3.63) is 158 Å². The summed E-state index contributed by atoms with van der Waals surface area (Å²) in [5.41, 5.74) is 7.06. The van der Waals surface area contributed by atoms with Crippen LogP contribution in [0.4, 0.5) is 17.1 Å². The van der Waals surface area contributed by atoms with Crippen molar-refractivity contribution in [1.29, 1.82) is 0 Å². The summed E-state index contributed by atoms with van der Waals surface area (Å²) in [4.78, 5) is 2.47. The highest BCUT2D eigenvalue weighted by molar-refractivity contribution is 7.26. The van der Waals surface area contributed by atoms with E-state index in [1.165, 1.54) is 67.8 Å². The normalized spacial score (nSPS) is 11.9. The van der Waals surface area contributed by atoms with E-state index in [0.29, 0.717) is 0 Å². The maximum atomic E-state index is 2.47. The van der Waals surface area contributed by atoms with Crippen molar-refractivity contribution in [2.24, 2.45) is 0 Å². The molecule has 2 nitrogen and oxygen atoms in total. The zero-order valence-electron chi connectivity index (χ0n) is 24.7. The number of thiophene rings is 2. The zero-order chi connectivity index (χ0) is 30.2. The molecular formula is C42H26N2S2. The number of anilines is 3. The molecule has 0 fully saturated rings. The second-order valence-electron chi connectivity index (χ2n) is 11.8. The Hall–Kier alpha value is -5.42. The zero-order valence-corrected chi connectivity index (χ0v) is 26.4. The quantitative estimate of drug-likeness (QED) is 0.190. The predicted octanol–water partition coefficient (Wildman–Crippen LogP) is 13.0. The smallest absolute Gasteiger partial charge is 0.0640 e. The summed E-state index contributed by atoms with van der Waals surface area (Å²) >= 11 is 3.74. The molecule has 46 heavy (non-hydrogen) atoms. The van der Waals surface area contributed by atoms with E-state index < -0.39 is 0 Å². The van der Waals surface area contributed by atoms with Crippen molar-refractivity contribution in [3.8, 4) is 5.69 Å². The fourth-order valence-electron chi connectivity index (χ4n) is 7.14. The summed E-state index contributed by atoms with van der Waals surface area (Å²) in [7, 11) is 0. The Bertz CT molecular complexity index is 2770. The van der Waals surface area contributed by atoms with Crippen molar-refractivity contribution < 1.29 is 0 Å². The minimum absolute atomic E-state index is 1.14. The Balaban J connectivity index is 1.28. The SMILES string of the molecule is c1ccc(-n2c3ccccc3c3ccc(N(c4ccc5c(c4)sc4ccccc45)c4cccc5c4sc4ccccc45)cc32)cc1. The van der Waals surface area contributed by atoms with Crippen LogP contribution >= 0.6 is 22.7 Å². The number of rotatable bonds is 4. The molecular weight excluding hydrogens is 597 g/mol. The van der Waals surface area contributed by atoms with Crippen LogP contribution < -0.4 is 4.90 Å². The molecule has 7 aromatic carbocycles. The molecule has 0 aliphatic rings. The van der Waals surface area contributed by atoms with Gasteiger partial charge in [-0.3, -0.25) is 0 Å². The number of fused-ring (bicyclic) bond motifs is 9. The summed E-state index contributed by atoms with van der Waals surface area (Å²) in [6, 6.07) is 57.7. The molecule has 0 radical (unpaired) electrons. The maximum absolute atomic E-state index is 2.47. The maximum Gasteiger partial charge on any atom is 0.0640 e. The van der Waals surface area contributed by atoms with Crippen molar-refractivity contribution in [1.82, 2.24) is 4.57 Å². The van der Waals surface area contributed by atoms with Gasteiger partial charge in [0.05, 0.1) is 21.4 Å². The van der Waals surface area contributed by atoms with Gasteiger partial charge >= 0.3 is 0 Å². The molecule has 10 aromatic rings. The number of nitrogens with zero attached hydrogens (tertiary/aromatic N) is 2. The second-order valence-corrected chi connectivity index (χ2v) is 13.9. The van der Waals surface area contributed by atoms with Gasteiger partial charge in [0.1, 0.15) is 0 Å². The minimum Gasteiger partial charge on any atom is -0.309 e. The molecule has 0 saturated carbocycles. The van der Waals surface area contributed by atoms with Crippen molar-refractivity contribution in [2.45, 2.75) is 0 Å². The van der Waals surface area contributed by atoms with Crippen molar-refractivity contribution >= 4 is 102 Å². The molecule has 0 bridgehead atoms. The van der Waals surface area contributed by atoms with E-state index in [1.54, 1.807) is 0 Å². The van der Waals surface area contributed by atoms with Gasteiger partial charge in [-0.05, 0) is 60.7 Å². The molecule has 0 unspecified atom stereocenters. The summed E-state index contributed by atoms with van der Waals surface area (Å²) < 4.78 is 7.63. The molecule has 3 heterocycles. The van der Waals surface area contributed by atoms with E-state index in [2.05, 4.69) is 167 Å². The summed E-state index contributed by atoms with van der Waals surface area (Å²) in [6.45, 7) is 0. The van der Waals surface area contributed by atoms with Crippen LogP contribution in [0.15, 0.2) is 158 Å². The van der Waals surface area contributed by atoms with Gasteiger partial charge in [-0.25, -0.2) is 0 Å². The summed E-state index contributed by atoms with van der Waals surface area (Å²) in [5.74, 6) is 0. The summed E-state index contributed by atoms with van der Waals surface area (Å²) in [6.07, 6.45) is 0. The van der Waals surface area contributed by atoms with E-state index >= 15 is 0 Å². The Morgan fingerprint density at radius 3 is 1.80 bits per heavy atom. The number of benzene rings is 7. The lowest BCUT2D eigenvalue weighted by molar-refractivity contribution is 1.18. The van der Waals surface area contributed by atoms with Gasteiger partial charge in [-0.1, -0.05) is 97.1 Å². The van der Waals surface area contributed by atoms with E-state index in [0.717, 1.165) is 17.1 Å². The Morgan fingerprint density at radius 1 is 0.391 bits per heavy atom. The van der Waals surface area contributed by atoms with Crippen LogP contribution in [-0.2, 0) is 0 Å². The van der Waals surface area contributed by atoms with Crippen LogP contribution in [0, 0.1) is 0 Å². The molecule has 0 aliphatic heterocycles. The molecule has 0 spiro atoms. The first kappa shape index (κ1) is 25.9. The topological polar surface area (TPSA) is 8.17 Å². The first-order chi connectivity index (χ1) is 22.8. The lowest BCUT2D eigenvalue weighted by atomic mass is 10.1. The van der Waals surface area contributed by atoms with Crippen molar-refractivity contribution in [3.63, 3.8) is 0 Å². The van der Waals surface area contributed by atoms with Gasteiger partial charge < -0.3 is 9.47 Å². The second kappa shape index (κ2) is 10.0. The molecule has 0 saturated heterocycles. The van der Waals surface area contributed by atoms with Crippen LogP contribution in [0.5, 0.6) is 0 Å². The van der Waals surface area contributed by atoms with Crippen LogP contribution in [0.3, 0.4) is 0 Å². The van der Waals surface area contributed by atoms with E-state index in [1.807, 2.05) is 22.7 Å². The lowest BCUT2D eigenvalue weighted by Crippen LogP contribution is -2.10. The minimum atomic E-state index is 1.14. The standard InChI is InChI=1S/C42H26N2S2/c1-2-11-27(12-3-1)44-36-17-7-4-13-30(36)31-23-21-28(25-38(31)44)43(29-22-24-34-32-14-5-8-19-39(32)45-41(34)26-29)37-18-10-16-35-33-15-6-9-20-40(33)46-42(35)37/h1-26H. The summed E-state index contributed by atoms with van der Waals surface area (Å²) in [5, 5.41) is 7.75. The molecule has 3 aromatic heterocycles. The largest absolute Gasteiger partial charge is 0.309 e. The van der Waals surface area contributed by atoms with Gasteiger partial charge in [0, 0.05) is 63.5 Å². The first-order valence-corrected chi connectivity index (χ1v) is 17.2. The monoisotopic (exact) mass is 622 g/mol. The van der Waals surface area contributed by atoms with Crippen LogP contribution in [0.1, 0.15) is 0 Å². The molecule has 216 valence electrons. The van der Waals surface area contributed by atoms with Gasteiger partial charge in [0.2, 0.25) is 0 Å². The number of para-hydroxylation sites is 2. The van der Waals surface area contributed by atoms with Crippen molar-refractivity contribution in [2.75, 3.05) is 4.90 Å². The highest BCUT2D eigenvalue weighted by atomic mass is 32.1. The lowest BCUT2D eigenvalue weighted by Gasteiger charge is -2.26. The average Bonchev–Trinajstić information content (AvgIpc) is 3.78. The van der Waals surface area contributed by atoms with Gasteiger partial charge in [-0.15, -0.1) is 22.7 Å². The Morgan fingerprint density at radius 2 is 0.978 bits per heavy atom. The molecule has 0 N–H and O–H groups in total. The first-order valence-electron chi connectivity index (χ1n) is 15.5. The number of hydrogen-bond donors (Lipinski definition) is 0. The van der Waals surface area contributed by atoms with Crippen LogP contribution in [0.25, 0.3) is 67.8 Å². The van der Waals surface area contributed by atoms with Gasteiger partial charge in [-0.2, -0.15) is 0 Å². The van der Waals surface area contributed by atoms with E-state index in [-0.39, 0.29) is 0 Å². The Labute approximate surface area is 273 Å². The fraction of sp³-hybridized carbons (Fsp3) is 0. The van der Waals surface area contributed by atoms with Gasteiger partial charge in [0.25, 0.3) is 0 Å². The average molecular weight is 623 g/mol. The highest BCUT2D eigenvalue weighted by Gasteiger charge is 2.21. The molecule has 0 amide bonds. The molecule has 0 atom stereocenters. The third-order valence-electron chi connectivity index (χ3n) is 9.17. The number of aromatic nitrogens is 1. The van der Waals surface area contributed by atoms with Gasteiger partial charge in [0.15, 0.2) is 0 Å². The fourth-order valence-corrected chi connectivity index (χ4v) is 9.49. The van der Waals surface area contributed by atoms with Crippen LogP contribution in [-0.4, -0.2) is 4.57 Å². The third kappa shape index (κ3) is 3.81. The molecule has 10 rings (SSSR count).